The van der Waals surface area contributed by atoms with Crippen molar-refractivity contribution >= 4 is 23.2 Å². The molecule has 3 aliphatic rings. The quantitative estimate of drug-likeness (QED) is 0.358. The molecule has 0 spiro atoms. The number of aliphatic hydroxyl groups is 3. The SMILES string of the molecule is Cc1ccc(CCc2ccc(O)c3c2CC2CC4[C@H](N(C)C)C(O)C(C(N)=O)C(=O)[C@@]4(O)C(=O)C2=C3O)cc1. The predicted octanol–water partition coefficient (Wildman–Crippen LogP) is 1.22. The van der Waals surface area contributed by atoms with E-state index in [0.717, 1.165) is 23.1 Å². The number of phenols is 1. The highest BCUT2D eigenvalue weighted by Crippen LogP contribution is 2.52. The van der Waals surface area contributed by atoms with Gasteiger partial charge >= 0.3 is 0 Å². The van der Waals surface area contributed by atoms with Gasteiger partial charge in [-0.2, -0.15) is 0 Å². The number of rotatable bonds is 5. The van der Waals surface area contributed by atoms with Crippen LogP contribution in [0, 0.1) is 24.7 Å². The van der Waals surface area contributed by atoms with Gasteiger partial charge in [0.25, 0.3) is 0 Å². The van der Waals surface area contributed by atoms with Crippen molar-refractivity contribution in [2.45, 2.75) is 50.4 Å². The Balaban J connectivity index is 1.58. The molecule has 0 bridgehead atoms. The van der Waals surface area contributed by atoms with Crippen molar-refractivity contribution in [2.75, 3.05) is 14.1 Å². The molecule has 6 N–H and O–H groups in total. The number of hydrogen-bond donors (Lipinski definition) is 5. The summed E-state index contributed by atoms with van der Waals surface area (Å²) < 4.78 is 0. The van der Waals surface area contributed by atoms with Gasteiger partial charge in [0, 0.05) is 17.5 Å². The number of ketones is 2. The van der Waals surface area contributed by atoms with Crippen molar-refractivity contribution in [3.63, 3.8) is 0 Å². The molecule has 2 saturated carbocycles. The van der Waals surface area contributed by atoms with E-state index < -0.39 is 58.7 Å². The lowest BCUT2D eigenvalue weighted by Crippen LogP contribution is -2.73. The van der Waals surface area contributed by atoms with Gasteiger partial charge in [0.2, 0.25) is 11.7 Å². The summed E-state index contributed by atoms with van der Waals surface area (Å²) in [5.74, 6) is -7.35. The summed E-state index contributed by atoms with van der Waals surface area (Å²) in [5.41, 5.74) is 6.69. The molecule has 4 unspecified atom stereocenters. The highest BCUT2D eigenvalue weighted by molar-refractivity contribution is 6.25. The first-order valence-corrected chi connectivity index (χ1v) is 13.2. The molecule has 9 heteroatoms. The number of aromatic hydroxyl groups is 1. The first kappa shape index (κ1) is 27.1. The second-order valence-corrected chi connectivity index (χ2v) is 11.4. The van der Waals surface area contributed by atoms with Crippen LogP contribution in [0.1, 0.15) is 34.2 Å². The average Bonchev–Trinajstić information content (AvgIpc) is 2.86. The van der Waals surface area contributed by atoms with Crippen LogP contribution in [0.3, 0.4) is 0 Å². The minimum absolute atomic E-state index is 0.102. The summed E-state index contributed by atoms with van der Waals surface area (Å²) in [5, 5.41) is 44.8. The highest BCUT2D eigenvalue weighted by atomic mass is 16.3. The van der Waals surface area contributed by atoms with Crippen LogP contribution in [0.2, 0.25) is 0 Å². The molecule has 206 valence electrons. The lowest BCUT2D eigenvalue weighted by atomic mass is 9.54. The fourth-order valence-electron chi connectivity index (χ4n) is 6.94. The van der Waals surface area contributed by atoms with Crippen LogP contribution >= 0.6 is 0 Å². The molecule has 2 aromatic rings. The third-order valence-corrected chi connectivity index (χ3v) is 8.87. The molecule has 0 aliphatic heterocycles. The van der Waals surface area contributed by atoms with Gasteiger partial charge in [-0.15, -0.1) is 0 Å². The van der Waals surface area contributed by atoms with E-state index in [1.165, 1.54) is 6.07 Å². The summed E-state index contributed by atoms with van der Waals surface area (Å²) in [6.45, 7) is 2.02. The van der Waals surface area contributed by atoms with E-state index >= 15 is 0 Å². The lowest BCUT2D eigenvalue weighted by Gasteiger charge is -2.53. The average molecular weight is 535 g/mol. The summed E-state index contributed by atoms with van der Waals surface area (Å²) in [6, 6.07) is 10.6. The zero-order chi connectivity index (χ0) is 28.4. The molecule has 2 fully saturated rings. The van der Waals surface area contributed by atoms with E-state index in [4.69, 9.17) is 5.73 Å². The normalized spacial score (nSPS) is 30.2. The number of carbonyl (C=O) groups is 3. The number of carbonyl (C=O) groups excluding carboxylic acids is 3. The van der Waals surface area contributed by atoms with Crippen molar-refractivity contribution < 1.29 is 34.8 Å². The standard InChI is InChI=1S/C30H34N2O7/c1-14-4-6-15(7-5-14)8-9-16-10-11-20(33)22-18(16)12-17-13-19-24(32(2)3)26(35)23(29(31)38)28(37)30(19,39)27(36)21(17)25(22)34/h4-7,10-11,17,19,23-24,26,33-35,39H,8-9,12-13H2,1-3H3,(H2,31,38)/t17?,19?,23?,24-,26?,30-/m0/s1. The number of amides is 1. The number of hydrogen-bond acceptors (Lipinski definition) is 8. The second kappa shape index (κ2) is 9.59. The molecular weight excluding hydrogens is 500 g/mol. The third-order valence-electron chi connectivity index (χ3n) is 8.87. The molecule has 2 aromatic carbocycles. The number of aliphatic hydroxyl groups excluding tert-OH is 2. The van der Waals surface area contributed by atoms with E-state index in [0.29, 0.717) is 18.4 Å². The Morgan fingerprint density at radius 3 is 2.36 bits per heavy atom. The minimum atomic E-state index is -2.65. The largest absolute Gasteiger partial charge is 0.507 e. The summed E-state index contributed by atoms with van der Waals surface area (Å²) >= 11 is 0. The van der Waals surface area contributed by atoms with Gasteiger partial charge in [-0.3, -0.25) is 14.4 Å². The van der Waals surface area contributed by atoms with E-state index in [9.17, 15) is 34.8 Å². The number of fused-ring (bicyclic) bond motifs is 3. The van der Waals surface area contributed by atoms with Crippen LogP contribution in [0.4, 0.5) is 0 Å². The van der Waals surface area contributed by atoms with Crippen molar-refractivity contribution in [3.8, 4) is 5.75 Å². The van der Waals surface area contributed by atoms with Gasteiger partial charge in [-0.25, -0.2) is 0 Å². The van der Waals surface area contributed by atoms with Crippen molar-refractivity contribution in [3.05, 3.63) is 69.8 Å². The van der Waals surface area contributed by atoms with Gasteiger partial charge in [0.1, 0.15) is 17.4 Å². The second-order valence-electron chi connectivity index (χ2n) is 11.4. The lowest BCUT2D eigenvalue weighted by molar-refractivity contribution is -0.184. The van der Waals surface area contributed by atoms with Gasteiger partial charge in [0.05, 0.1) is 11.7 Å². The van der Waals surface area contributed by atoms with Gasteiger partial charge in [0.15, 0.2) is 11.4 Å². The zero-order valence-electron chi connectivity index (χ0n) is 22.2. The zero-order valence-corrected chi connectivity index (χ0v) is 22.2. The maximum atomic E-state index is 13.9. The molecule has 6 atom stereocenters. The number of nitrogens with zero attached hydrogens (tertiary/aromatic N) is 1. The number of likely N-dealkylation sites (N-methyl/N-ethyl adjacent to an activating group) is 1. The van der Waals surface area contributed by atoms with Crippen LogP contribution in [0.25, 0.3) is 5.76 Å². The van der Waals surface area contributed by atoms with Crippen molar-refractivity contribution in [1.29, 1.82) is 0 Å². The van der Waals surface area contributed by atoms with Gasteiger partial charge < -0.3 is 31.1 Å². The number of phenolic OH excluding ortho intramolecular Hbond substituents is 1. The molecule has 0 saturated heterocycles. The Bertz CT molecular complexity index is 1400. The Hall–Kier alpha value is -3.53. The molecule has 5 rings (SSSR count). The summed E-state index contributed by atoms with van der Waals surface area (Å²) in [6.07, 6.45) is 0.269. The first-order valence-electron chi connectivity index (χ1n) is 13.2. The van der Waals surface area contributed by atoms with Crippen LogP contribution in [0.15, 0.2) is 42.0 Å². The van der Waals surface area contributed by atoms with E-state index in [-0.39, 0.29) is 23.3 Å². The molecule has 39 heavy (non-hydrogen) atoms. The number of primary amides is 1. The van der Waals surface area contributed by atoms with Crippen LogP contribution in [-0.2, 0) is 33.6 Å². The first-order chi connectivity index (χ1) is 18.4. The fraction of sp³-hybridized carbons (Fsp3) is 0.433. The molecule has 0 aromatic heterocycles. The Labute approximate surface area is 226 Å². The minimum Gasteiger partial charge on any atom is -0.507 e. The van der Waals surface area contributed by atoms with Crippen LogP contribution in [-0.4, -0.2) is 74.6 Å². The molecule has 1 amide bonds. The number of aryl methyl sites for hydroxylation is 3. The Morgan fingerprint density at radius 1 is 1.08 bits per heavy atom. The maximum absolute atomic E-state index is 13.9. The Morgan fingerprint density at radius 2 is 1.74 bits per heavy atom. The van der Waals surface area contributed by atoms with Crippen LogP contribution < -0.4 is 5.73 Å². The third kappa shape index (κ3) is 4.07. The number of benzene rings is 2. The van der Waals surface area contributed by atoms with E-state index in [2.05, 4.69) is 12.1 Å². The number of nitrogens with two attached hydrogens (primary N) is 1. The van der Waals surface area contributed by atoms with Crippen LogP contribution in [0.5, 0.6) is 5.75 Å². The van der Waals surface area contributed by atoms with Gasteiger partial charge in [-0.05, 0) is 75.4 Å². The smallest absolute Gasteiger partial charge is 0.230 e. The van der Waals surface area contributed by atoms with Gasteiger partial charge in [-0.1, -0.05) is 35.9 Å². The topological polar surface area (TPSA) is 161 Å². The van der Waals surface area contributed by atoms with E-state index in [1.54, 1.807) is 19.0 Å². The van der Waals surface area contributed by atoms with Crippen molar-refractivity contribution in [1.82, 2.24) is 4.90 Å². The molecule has 0 radical (unpaired) electrons. The molecule has 9 nitrogen and oxygen atoms in total. The fourth-order valence-corrected chi connectivity index (χ4v) is 6.94. The van der Waals surface area contributed by atoms with E-state index in [1.807, 2.05) is 25.1 Å². The predicted molar refractivity (Wildman–Crippen MR) is 143 cm³/mol. The maximum Gasteiger partial charge on any atom is 0.230 e. The Kier molecular flexibility index (Phi) is 6.65. The monoisotopic (exact) mass is 534 g/mol. The van der Waals surface area contributed by atoms with Crippen molar-refractivity contribution in [2.24, 2.45) is 23.5 Å². The highest BCUT2D eigenvalue weighted by Gasteiger charge is 2.67. The molecule has 3 aliphatic carbocycles. The summed E-state index contributed by atoms with van der Waals surface area (Å²) in [7, 11) is 3.26. The molecular formula is C30H34N2O7. The summed E-state index contributed by atoms with van der Waals surface area (Å²) in [4.78, 5) is 41.0. The number of Topliss-reactive ketones (excluding diaryl/α,β-unsaturated/α-hetero) is 2. The molecule has 0 heterocycles.